The van der Waals surface area contributed by atoms with E-state index in [0.717, 1.165) is 22.5 Å². The molecule has 0 aromatic heterocycles. The molecule has 116 valence electrons. The predicted molar refractivity (Wildman–Crippen MR) is 73.7 cm³/mol. The number of sulfonamides is 1. The van der Waals surface area contributed by atoms with Crippen LogP contribution in [0, 0.1) is 10.1 Å². The number of benzene rings is 1. The summed E-state index contributed by atoms with van der Waals surface area (Å²) >= 11 is 5.86. The van der Waals surface area contributed by atoms with Gasteiger partial charge in [-0.3, -0.25) is 10.1 Å². The maximum absolute atomic E-state index is 12.6. The van der Waals surface area contributed by atoms with Gasteiger partial charge in [-0.15, -0.1) is 0 Å². The predicted octanol–water partition coefficient (Wildman–Crippen LogP) is 0.630. The molecule has 1 aliphatic heterocycles. The standard InChI is InChI=1S/C11H13ClN2O6S/c12-10-5-8(14(16)17)1-2-11(10)21(18,19)13-3-4-20-7-9(13)6-15/h1-2,5,9,15H,3-4,6-7H2. The van der Waals surface area contributed by atoms with Gasteiger partial charge in [-0.25, -0.2) is 8.42 Å². The average Bonchev–Trinajstić information content (AvgIpc) is 2.46. The normalized spacial score (nSPS) is 20.4. The first kappa shape index (κ1) is 16.1. The number of ether oxygens (including phenoxy) is 1. The first-order chi connectivity index (χ1) is 9.87. The van der Waals surface area contributed by atoms with Crippen molar-refractivity contribution >= 4 is 27.3 Å². The Kier molecular flexibility index (Phi) is 4.79. The Morgan fingerprint density at radius 3 is 2.81 bits per heavy atom. The minimum Gasteiger partial charge on any atom is -0.395 e. The third-order valence-electron chi connectivity index (χ3n) is 3.10. The zero-order chi connectivity index (χ0) is 15.6. The fraction of sp³-hybridized carbons (Fsp3) is 0.455. The highest BCUT2D eigenvalue weighted by molar-refractivity contribution is 7.89. The molecule has 0 amide bonds. The molecule has 1 N–H and O–H groups in total. The molecule has 1 aliphatic rings. The summed E-state index contributed by atoms with van der Waals surface area (Å²) in [6.45, 7) is -0.00856. The Bertz CT molecular complexity index is 650. The molecule has 0 aliphatic carbocycles. The second-order valence-corrected chi connectivity index (χ2v) is 6.67. The lowest BCUT2D eigenvalue weighted by Crippen LogP contribution is -2.50. The van der Waals surface area contributed by atoms with Crippen LogP contribution in [0.1, 0.15) is 0 Å². The highest BCUT2D eigenvalue weighted by Gasteiger charge is 2.35. The van der Waals surface area contributed by atoms with Crippen molar-refractivity contribution in [1.29, 1.82) is 0 Å². The quantitative estimate of drug-likeness (QED) is 0.638. The summed E-state index contributed by atoms with van der Waals surface area (Å²) in [6.07, 6.45) is 0. The zero-order valence-electron chi connectivity index (χ0n) is 10.8. The average molecular weight is 337 g/mol. The molecule has 1 unspecified atom stereocenters. The second kappa shape index (κ2) is 6.24. The van der Waals surface area contributed by atoms with E-state index in [0.29, 0.717) is 0 Å². The van der Waals surface area contributed by atoms with E-state index >= 15 is 0 Å². The summed E-state index contributed by atoms with van der Waals surface area (Å²) in [6, 6.07) is 2.46. The van der Waals surface area contributed by atoms with Crippen LogP contribution in [-0.4, -0.2) is 55.2 Å². The third-order valence-corrected chi connectivity index (χ3v) is 5.53. The maximum atomic E-state index is 12.6. The van der Waals surface area contributed by atoms with Gasteiger partial charge in [-0.05, 0) is 6.07 Å². The van der Waals surface area contributed by atoms with Gasteiger partial charge in [0.15, 0.2) is 0 Å². The molecular formula is C11H13ClN2O6S. The number of hydrogen-bond acceptors (Lipinski definition) is 6. The summed E-state index contributed by atoms with van der Waals surface area (Å²) in [4.78, 5) is 9.77. The number of non-ortho nitro benzene ring substituents is 1. The molecular weight excluding hydrogens is 324 g/mol. The summed E-state index contributed by atoms with van der Waals surface area (Å²) < 4.78 is 31.4. The highest BCUT2D eigenvalue weighted by Crippen LogP contribution is 2.30. The van der Waals surface area contributed by atoms with Crippen LogP contribution in [0.5, 0.6) is 0 Å². The molecule has 2 rings (SSSR count). The lowest BCUT2D eigenvalue weighted by molar-refractivity contribution is -0.384. The topological polar surface area (TPSA) is 110 Å². The third kappa shape index (κ3) is 3.16. The Morgan fingerprint density at radius 2 is 2.24 bits per heavy atom. The van der Waals surface area contributed by atoms with Gasteiger partial charge in [-0.1, -0.05) is 11.6 Å². The minimum absolute atomic E-state index is 0.0837. The van der Waals surface area contributed by atoms with Crippen LogP contribution in [0.3, 0.4) is 0 Å². The number of nitrogens with zero attached hydrogens (tertiary/aromatic N) is 2. The van der Waals surface area contributed by atoms with Crippen molar-refractivity contribution in [2.24, 2.45) is 0 Å². The van der Waals surface area contributed by atoms with Crippen LogP contribution in [0.25, 0.3) is 0 Å². The molecule has 0 saturated carbocycles. The lowest BCUT2D eigenvalue weighted by atomic mass is 10.3. The minimum atomic E-state index is -3.96. The van der Waals surface area contributed by atoms with E-state index in [2.05, 4.69) is 0 Å². The van der Waals surface area contributed by atoms with E-state index < -0.39 is 21.0 Å². The van der Waals surface area contributed by atoms with Gasteiger partial charge < -0.3 is 9.84 Å². The summed E-state index contributed by atoms with van der Waals surface area (Å²) in [5.41, 5.74) is -0.292. The van der Waals surface area contributed by atoms with Crippen LogP contribution < -0.4 is 0 Å². The van der Waals surface area contributed by atoms with Crippen molar-refractivity contribution in [3.63, 3.8) is 0 Å². The van der Waals surface area contributed by atoms with E-state index in [4.69, 9.17) is 16.3 Å². The van der Waals surface area contributed by atoms with E-state index in [1.165, 1.54) is 0 Å². The van der Waals surface area contributed by atoms with E-state index in [-0.39, 0.29) is 42.0 Å². The Labute approximate surface area is 126 Å². The Hall–Kier alpha value is -1.26. The number of aliphatic hydroxyl groups is 1. The van der Waals surface area contributed by atoms with Crippen molar-refractivity contribution in [3.05, 3.63) is 33.3 Å². The number of halogens is 1. The number of hydrogen-bond donors (Lipinski definition) is 1. The number of morpholine rings is 1. The molecule has 1 atom stereocenters. The van der Waals surface area contributed by atoms with Crippen molar-refractivity contribution in [2.45, 2.75) is 10.9 Å². The van der Waals surface area contributed by atoms with Crippen LogP contribution in [-0.2, 0) is 14.8 Å². The van der Waals surface area contributed by atoms with Crippen molar-refractivity contribution in [1.82, 2.24) is 4.31 Å². The monoisotopic (exact) mass is 336 g/mol. The Morgan fingerprint density at radius 1 is 1.52 bits per heavy atom. The van der Waals surface area contributed by atoms with Gasteiger partial charge in [-0.2, -0.15) is 4.31 Å². The van der Waals surface area contributed by atoms with Crippen molar-refractivity contribution < 1.29 is 23.2 Å². The Balaban J connectivity index is 2.41. The van der Waals surface area contributed by atoms with Crippen molar-refractivity contribution in [2.75, 3.05) is 26.4 Å². The molecule has 0 bridgehead atoms. The smallest absolute Gasteiger partial charge is 0.271 e. The lowest BCUT2D eigenvalue weighted by Gasteiger charge is -2.33. The molecule has 10 heteroatoms. The molecule has 1 aromatic carbocycles. The first-order valence-corrected chi connectivity index (χ1v) is 7.84. The van der Waals surface area contributed by atoms with Gasteiger partial charge in [0.25, 0.3) is 5.69 Å². The van der Waals surface area contributed by atoms with Gasteiger partial charge in [0, 0.05) is 18.7 Å². The number of nitro groups is 1. The second-order valence-electron chi connectivity index (χ2n) is 4.40. The molecule has 0 spiro atoms. The molecule has 1 fully saturated rings. The van der Waals surface area contributed by atoms with Crippen molar-refractivity contribution in [3.8, 4) is 0 Å². The van der Waals surface area contributed by atoms with Gasteiger partial charge in [0.2, 0.25) is 10.0 Å². The molecule has 21 heavy (non-hydrogen) atoms. The molecule has 1 aromatic rings. The number of rotatable bonds is 4. The van der Waals surface area contributed by atoms with Gasteiger partial charge in [0.05, 0.1) is 35.8 Å². The summed E-state index contributed by atoms with van der Waals surface area (Å²) in [7, 11) is -3.96. The molecule has 0 radical (unpaired) electrons. The molecule has 8 nitrogen and oxygen atoms in total. The maximum Gasteiger partial charge on any atom is 0.271 e. The molecule has 1 saturated heterocycles. The fourth-order valence-electron chi connectivity index (χ4n) is 2.04. The van der Waals surface area contributed by atoms with E-state index in [1.807, 2.05) is 0 Å². The van der Waals surface area contributed by atoms with Crippen LogP contribution in [0.15, 0.2) is 23.1 Å². The van der Waals surface area contributed by atoms with Gasteiger partial charge in [0.1, 0.15) is 4.90 Å². The van der Waals surface area contributed by atoms with Crippen LogP contribution >= 0.6 is 11.6 Å². The fourth-order valence-corrected chi connectivity index (χ4v) is 4.14. The molecule has 1 heterocycles. The highest BCUT2D eigenvalue weighted by atomic mass is 35.5. The van der Waals surface area contributed by atoms with Crippen LogP contribution in [0.2, 0.25) is 5.02 Å². The van der Waals surface area contributed by atoms with Crippen LogP contribution in [0.4, 0.5) is 5.69 Å². The zero-order valence-corrected chi connectivity index (χ0v) is 12.4. The summed E-state index contributed by atoms with van der Waals surface area (Å²) in [5.74, 6) is 0. The van der Waals surface area contributed by atoms with E-state index in [1.54, 1.807) is 0 Å². The summed E-state index contributed by atoms with van der Waals surface area (Å²) in [5, 5.41) is 19.7. The SMILES string of the molecule is O=[N+]([O-])c1ccc(S(=O)(=O)N2CCOCC2CO)c(Cl)c1. The first-order valence-electron chi connectivity index (χ1n) is 6.02. The number of nitro benzene ring substituents is 1. The largest absolute Gasteiger partial charge is 0.395 e. The van der Waals surface area contributed by atoms with E-state index in [9.17, 15) is 23.6 Å². The number of aliphatic hydroxyl groups excluding tert-OH is 1. The van der Waals surface area contributed by atoms with Gasteiger partial charge >= 0.3 is 0 Å².